The van der Waals surface area contributed by atoms with E-state index in [1.54, 1.807) is 12.4 Å². The minimum absolute atomic E-state index is 0.00133. The number of nitrogens with zero attached hydrogens (tertiary/aromatic N) is 3. The summed E-state index contributed by atoms with van der Waals surface area (Å²) in [4.78, 5) is 25.9. The van der Waals surface area contributed by atoms with Gasteiger partial charge in [-0.25, -0.2) is 0 Å². The topological polar surface area (TPSA) is 91.3 Å². The first kappa shape index (κ1) is 17.4. The summed E-state index contributed by atoms with van der Waals surface area (Å²) in [5.41, 5.74) is 0.627. The molecule has 0 saturated carbocycles. The van der Waals surface area contributed by atoms with Gasteiger partial charge in [-0.2, -0.15) is 5.10 Å². The van der Waals surface area contributed by atoms with Crippen LogP contribution in [-0.2, 0) is 16.1 Å². The van der Waals surface area contributed by atoms with Crippen LogP contribution in [0, 0.1) is 5.92 Å². The van der Waals surface area contributed by atoms with Crippen molar-refractivity contribution in [2.24, 2.45) is 5.92 Å². The zero-order valence-corrected chi connectivity index (χ0v) is 13.8. The van der Waals surface area contributed by atoms with Crippen molar-refractivity contribution in [3.05, 3.63) is 12.4 Å². The largest absolute Gasteiger partial charge is 0.353 e. The van der Waals surface area contributed by atoms with Gasteiger partial charge in [0.1, 0.15) is 6.54 Å². The molecule has 1 aromatic heterocycles. The molecule has 0 radical (unpaired) electrons. The number of hydrogen-bond acceptors (Lipinski definition) is 5. The third-order valence-corrected chi connectivity index (χ3v) is 3.76. The van der Waals surface area contributed by atoms with Gasteiger partial charge in [0.15, 0.2) is 0 Å². The van der Waals surface area contributed by atoms with Gasteiger partial charge < -0.3 is 20.9 Å². The maximum Gasteiger partial charge on any atom is 0.241 e. The van der Waals surface area contributed by atoms with E-state index in [1.807, 2.05) is 19.0 Å². The number of anilines is 1. The van der Waals surface area contributed by atoms with Crippen LogP contribution >= 0.6 is 0 Å². The first-order valence-corrected chi connectivity index (χ1v) is 8.00. The first-order chi connectivity index (χ1) is 11.0. The number of hydrogen-bond donors (Lipinski definition) is 3. The number of carbonyl (C=O) groups is 2. The molecular formula is C15H26N6O2. The lowest BCUT2D eigenvalue weighted by Crippen LogP contribution is -2.37. The smallest absolute Gasteiger partial charge is 0.241 e. The molecule has 1 aliphatic rings. The molecule has 1 atom stereocenters. The molecule has 1 fully saturated rings. The summed E-state index contributed by atoms with van der Waals surface area (Å²) in [6.45, 7) is 3.24. The quantitative estimate of drug-likeness (QED) is 0.629. The molecule has 0 spiro atoms. The summed E-state index contributed by atoms with van der Waals surface area (Å²) in [5.74, 6) is -0.0853. The molecule has 23 heavy (non-hydrogen) atoms. The van der Waals surface area contributed by atoms with Crippen LogP contribution in [0.3, 0.4) is 0 Å². The van der Waals surface area contributed by atoms with Gasteiger partial charge in [0.25, 0.3) is 0 Å². The Morgan fingerprint density at radius 2 is 2.30 bits per heavy atom. The van der Waals surface area contributed by atoms with E-state index in [1.165, 1.54) is 4.68 Å². The highest BCUT2D eigenvalue weighted by Gasteiger charge is 2.21. The molecule has 1 unspecified atom stereocenters. The molecule has 2 amide bonds. The van der Waals surface area contributed by atoms with Crippen LogP contribution in [0.25, 0.3) is 0 Å². The molecule has 0 aromatic carbocycles. The molecule has 2 heterocycles. The summed E-state index contributed by atoms with van der Waals surface area (Å²) in [5, 5.41) is 13.0. The van der Waals surface area contributed by atoms with Crippen LogP contribution in [-0.4, -0.2) is 66.8 Å². The van der Waals surface area contributed by atoms with Gasteiger partial charge in [0.2, 0.25) is 11.8 Å². The van der Waals surface area contributed by atoms with Crippen LogP contribution in [0.1, 0.15) is 12.8 Å². The standard InChI is InChI=1S/C15H26N6O2/c1-20(2)7-6-17-14(22)11-21-10-13(9-18-21)19-15(23)12-4-3-5-16-8-12/h9-10,12,16H,3-8,11H2,1-2H3,(H,17,22)(H,19,23). The number of amides is 2. The fraction of sp³-hybridized carbons (Fsp3) is 0.667. The second-order valence-corrected chi connectivity index (χ2v) is 6.11. The Balaban J connectivity index is 1.76. The van der Waals surface area contributed by atoms with Crippen molar-refractivity contribution in [2.45, 2.75) is 19.4 Å². The van der Waals surface area contributed by atoms with Crippen LogP contribution in [0.4, 0.5) is 5.69 Å². The molecule has 1 saturated heterocycles. The maximum absolute atomic E-state index is 12.1. The molecule has 8 nitrogen and oxygen atoms in total. The lowest BCUT2D eigenvalue weighted by molar-refractivity contribution is -0.122. The van der Waals surface area contributed by atoms with E-state index >= 15 is 0 Å². The summed E-state index contributed by atoms with van der Waals surface area (Å²) >= 11 is 0. The van der Waals surface area contributed by atoms with Crippen molar-refractivity contribution < 1.29 is 9.59 Å². The lowest BCUT2D eigenvalue weighted by atomic mass is 9.99. The Labute approximate surface area is 136 Å². The predicted octanol–water partition coefficient (Wildman–Crippen LogP) is -0.501. The van der Waals surface area contributed by atoms with E-state index in [2.05, 4.69) is 21.0 Å². The highest BCUT2D eigenvalue weighted by Crippen LogP contribution is 2.13. The summed E-state index contributed by atoms with van der Waals surface area (Å²) in [6.07, 6.45) is 5.17. The highest BCUT2D eigenvalue weighted by molar-refractivity contribution is 5.92. The number of piperidine rings is 1. The van der Waals surface area contributed by atoms with Crippen molar-refractivity contribution in [1.82, 2.24) is 25.3 Å². The fourth-order valence-electron chi connectivity index (χ4n) is 2.46. The molecule has 1 aliphatic heterocycles. The normalized spacial score (nSPS) is 18.0. The molecule has 3 N–H and O–H groups in total. The SMILES string of the molecule is CN(C)CCNC(=O)Cn1cc(NC(=O)C2CCCNC2)cn1. The average Bonchev–Trinajstić information content (AvgIpc) is 2.94. The molecule has 0 bridgehead atoms. The molecule has 2 rings (SSSR count). The zero-order chi connectivity index (χ0) is 16.7. The average molecular weight is 322 g/mol. The van der Waals surface area contributed by atoms with Crippen LogP contribution in [0.5, 0.6) is 0 Å². The summed E-state index contributed by atoms with van der Waals surface area (Å²) in [7, 11) is 3.91. The van der Waals surface area contributed by atoms with E-state index in [-0.39, 0.29) is 24.3 Å². The number of carbonyl (C=O) groups excluding carboxylic acids is 2. The second-order valence-electron chi connectivity index (χ2n) is 6.11. The molecule has 0 aliphatic carbocycles. The third-order valence-electron chi connectivity index (χ3n) is 3.76. The lowest BCUT2D eigenvalue weighted by Gasteiger charge is -2.21. The third kappa shape index (κ3) is 5.99. The zero-order valence-electron chi connectivity index (χ0n) is 13.8. The Bertz CT molecular complexity index is 522. The van der Waals surface area contributed by atoms with E-state index < -0.39 is 0 Å². The minimum Gasteiger partial charge on any atom is -0.353 e. The molecule has 128 valence electrons. The monoisotopic (exact) mass is 322 g/mol. The van der Waals surface area contributed by atoms with Crippen molar-refractivity contribution in [3.63, 3.8) is 0 Å². The minimum atomic E-state index is -0.0932. The molecule has 8 heteroatoms. The first-order valence-electron chi connectivity index (χ1n) is 8.00. The number of likely N-dealkylation sites (N-methyl/N-ethyl adjacent to an activating group) is 1. The van der Waals surface area contributed by atoms with E-state index in [0.717, 1.165) is 25.9 Å². The fourth-order valence-corrected chi connectivity index (χ4v) is 2.46. The summed E-state index contributed by atoms with van der Waals surface area (Å²) in [6, 6.07) is 0. The molecule has 1 aromatic rings. The Morgan fingerprint density at radius 1 is 1.48 bits per heavy atom. The van der Waals surface area contributed by atoms with Crippen molar-refractivity contribution in [2.75, 3.05) is 45.6 Å². The second kappa shape index (κ2) is 8.64. The number of nitrogens with one attached hydrogen (secondary N) is 3. The van der Waals surface area contributed by atoms with Crippen LogP contribution < -0.4 is 16.0 Å². The van der Waals surface area contributed by atoms with Gasteiger partial charge in [-0.05, 0) is 33.5 Å². The van der Waals surface area contributed by atoms with Gasteiger partial charge in [0, 0.05) is 25.8 Å². The summed E-state index contributed by atoms with van der Waals surface area (Å²) < 4.78 is 1.53. The molecular weight excluding hydrogens is 296 g/mol. The van der Waals surface area contributed by atoms with E-state index in [9.17, 15) is 9.59 Å². The van der Waals surface area contributed by atoms with E-state index in [4.69, 9.17) is 0 Å². The Morgan fingerprint density at radius 3 is 3.00 bits per heavy atom. The van der Waals surface area contributed by atoms with Crippen LogP contribution in [0.2, 0.25) is 0 Å². The number of rotatable bonds is 7. The van der Waals surface area contributed by atoms with E-state index in [0.29, 0.717) is 18.8 Å². The van der Waals surface area contributed by atoms with Gasteiger partial charge in [-0.1, -0.05) is 0 Å². The Kier molecular flexibility index (Phi) is 6.54. The maximum atomic E-state index is 12.1. The predicted molar refractivity (Wildman–Crippen MR) is 88.0 cm³/mol. The van der Waals surface area contributed by atoms with Gasteiger partial charge in [-0.3, -0.25) is 14.3 Å². The van der Waals surface area contributed by atoms with Gasteiger partial charge in [-0.15, -0.1) is 0 Å². The van der Waals surface area contributed by atoms with Gasteiger partial charge >= 0.3 is 0 Å². The van der Waals surface area contributed by atoms with Crippen molar-refractivity contribution in [1.29, 1.82) is 0 Å². The van der Waals surface area contributed by atoms with Crippen molar-refractivity contribution >= 4 is 17.5 Å². The van der Waals surface area contributed by atoms with Crippen LogP contribution in [0.15, 0.2) is 12.4 Å². The highest BCUT2D eigenvalue weighted by atomic mass is 16.2. The van der Waals surface area contributed by atoms with Gasteiger partial charge in [0.05, 0.1) is 17.8 Å². The van der Waals surface area contributed by atoms with Crippen molar-refractivity contribution in [3.8, 4) is 0 Å². The Hall–Kier alpha value is -1.93. The number of aromatic nitrogens is 2.